The highest BCUT2D eigenvalue weighted by molar-refractivity contribution is 5.97. The lowest BCUT2D eigenvalue weighted by molar-refractivity contribution is 0.0953. The third-order valence-electron chi connectivity index (χ3n) is 2.51. The minimum absolute atomic E-state index is 0.151. The first kappa shape index (κ1) is 11.4. The number of hydrogen-bond acceptors (Lipinski definition) is 4. The van der Waals surface area contributed by atoms with Gasteiger partial charge >= 0.3 is 0 Å². The van der Waals surface area contributed by atoms with Crippen LogP contribution >= 0.6 is 0 Å². The molecule has 0 spiro atoms. The van der Waals surface area contributed by atoms with Crippen LogP contribution in [0.25, 0.3) is 11.0 Å². The number of carbonyl (C=O) groups is 1. The van der Waals surface area contributed by atoms with Gasteiger partial charge in [0.2, 0.25) is 0 Å². The molecule has 0 saturated carbocycles. The van der Waals surface area contributed by atoms with Crippen LogP contribution in [-0.2, 0) is 0 Å². The average molecular weight is 234 g/mol. The van der Waals surface area contributed by atoms with Crippen molar-refractivity contribution >= 4 is 16.9 Å². The number of unbranched alkanes of at least 4 members (excludes halogenated alkanes) is 1. The number of fused-ring (bicyclic) bond motifs is 1. The van der Waals surface area contributed by atoms with Crippen molar-refractivity contribution in [1.29, 1.82) is 0 Å². The standard InChI is InChI=1S/C11H14N4O2/c1-2-3-6-12-11(16)8-4-5-9-10(7-8)15(17)14-13-9/h4-5,7,17H,2-3,6H2,1H3,(H,12,16). The molecule has 0 aliphatic heterocycles. The van der Waals surface area contributed by atoms with E-state index in [0.29, 0.717) is 28.0 Å². The van der Waals surface area contributed by atoms with E-state index in [1.165, 1.54) is 0 Å². The second-order valence-electron chi connectivity index (χ2n) is 3.79. The van der Waals surface area contributed by atoms with Crippen molar-refractivity contribution in [3.63, 3.8) is 0 Å². The van der Waals surface area contributed by atoms with Crippen LogP contribution in [0.15, 0.2) is 18.2 Å². The molecule has 1 heterocycles. The van der Waals surface area contributed by atoms with Crippen molar-refractivity contribution in [3.05, 3.63) is 23.8 Å². The molecule has 0 radical (unpaired) electrons. The summed E-state index contributed by atoms with van der Waals surface area (Å²) in [7, 11) is 0. The highest BCUT2D eigenvalue weighted by atomic mass is 16.5. The zero-order chi connectivity index (χ0) is 12.3. The number of nitrogens with zero attached hydrogens (tertiary/aromatic N) is 3. The molecule has 2 rings (SSSR count). The Hall–Kier alpha value is -2.11. The molecule has 1 aromatic carbocycles. The van der Waals surface area contributed by atoms with E-state index in [9.17, 15) is 10.0 Å². The molecule has 0 fully saturated rings. The van der Waals surface area contributed by atoms with Gasteiger partial charge in [-0.05, 0) is 29.8 Å². The van der Waals surface area contributed by atoms with Gasteiger partial charge in [-0.1, -0.05) is 18.2 Å². The van der Waals surface area contributed by atoms with E-state index < -0.39 is 0 Å². The monoisotopic (exact) mass is 234 g/mol. The largest absolute Gasteiger partial charge is 0.410 e. The molecular weight excluding hydrogens is 220 g/mol. The van der Waals surface area contributed by atoms with Crippen LogP contribution in [0.1, 0.15) is 30.1 Å². The van der Waals surface area contributed by atoms with Crippen LogP contribution in [0.3, 0.4) is 0 Å². The number of hydrogen-bond donors (Lipinski definition) is 2. The Morgan fingerprint density at radius 3 is 3.12 bits per heavy atom. The van der Waals surface area contributed by atoms with Crippen molar-refractivity contribution in [1.82, 2.24) is 20.5 Å². The van der Waals surface area contributed by atoms with Crippen molar-refractivity contribution in [3.8, 4) is 0 Å². The topological polar surface area (TPSA) is 80.0 Å². The number of rotatable bonds is 4. The maximum Gasteiger partial charge on any atom is 0.251 e. The van der Waals surface area contributed by atoms with E-state index >= 15 is 0 Å². The average Bonchev–Trinajstić information content (AvgIpc) is 2.71. The maximum atomic E-state index is 11.8. The molecule has 0 atom stereocenters. The normalized spacial score (nSPS) is 10.6. The van der Waals surface area contributed by atoms with Crippen molar-refractivity contribution in [2.75, 3.05) is 6.54 Å². The predicted octanol–water partition coefficient (Wildman–Crippen LogP) is 1.20. The van der Waals surface area contributed by atoms with Crippen LogP contribution in [0.2, 0.25) is 0 Å². The van der Waals surface area contributed by atoms with Gasteiger partial charge in [0.1, 0.15) is 11.0 Å². The molecule has 0 aliphatic carbocycles. The third-order valence-corrected chi connectivity index (χ3v) is 2.51. The molecule has 0 bridgehead atoms. The zero-order valence-corrected chi connectivity index (χ0v) is 9.55. The summed E-state index contributed by atoms with van der Waals surface area (Å²) in [4.78, 5) is 12.4. The van der Waals surface area contributed by atoms with Crippen LogP contribution in [0, 0.1) is 0 Å². The summed E-state index contributed by atoms with van der Waals surface area (Å²) in [6.45, 7) is 2.72. The first-order valence-electron chi connectivity index (χ1n) is 5.55. The fourth-order valence-electron chi connectivity index (χ4n) is 1.53. The van der Waals surface area contributed by atoms with Gasteiger partial charge in [0.05, 0.1) is 0 Å². The van der Waals surface area contributed by atoms with Gasteiger partial charge in [0, 0.05) is 12.1 Å². The van der Waals surface area contributed by atoms with Crippen LogP contribution < -0.4 is 5.32 Å². The second kappa shape index (κ2) is 4.82. The van der Waals surface area contributed by atoms with Crippen LogP contribution in [-0.4, -0.2) is 32.8 Å². The molecule has 2 N–H and O–H groups in total. The van der Waals surface area contributed by atoms with E-state index in [1.54, 1.807) is 18.2 Å². The fraction of sp³-hybridized carbons (Fsp3) is 0.364. The highest BCUT2D eigenvalue weighted by Gasteiger charge is 2.09. The first-order chi connectivity index (χ1) is 8.22. The molecule has 90 valence electrons. The minimum Gasteiger partial charge on any atom is -0.410 e. The van der Waals surface area contributed by atoms with Gasteiger partial charge in [0.25, 0.3) is 5.91 Å². The summed E-state index contributed by atoms with van der Waals surface area (Å²) in [6.07, 6.45) is 1.99. The number of nitrogens with one attached hydrogen (secondary N) is 1. The molecule has 0 aliphatic rings. The van der Waals surface area contributed by atoms with E-state index in [2.05, 4.69) is 22.6 Å². The predicted molar refractivity (Wildman–Crippen MR) is 62.0 cm³/mol. The lowest BCUT2D eigenvalue weighted by Crippen LogP contribution is -2.24. The Labute approximate surface area is 98.2 Å². The van der Waals surface area contributed by atoms with Crippen molar-refractivity contribution < 1.29 is 10.0 Å². The molecule has 1 amide bonds. The number of aromatic nitrogens is 3. The first-order valence-corrected chi connectivity index (χ1v) is 5.55. The highest BCUT2D eigenvalue weighted by Crippen LogP contribution is 2.12. The van der Waals surface area contributed by atoms with Gasteiger partial charge in [-0.2, -0.15) is 0 Å². The Kier molecular flexibility index (Phi) is 3.22. The summed E-state index contributed by atoms with van der Waals surface area (Å²) in [5, 5.41) is 19.3. The van der Waals surface area contributed by atoms with Gasteiger partial charge in [-0.25, -0.2) is 0 Å². The van der Waals surface area contributed by atoms with E-state index in [0.717, 1.165) is 12.8 Å². The van der Waals surface area contributed by atoms with Gasteiger partial charge in [-0.3, -0.25) is 4.79 Å². The van der Waals surface area contributed by atoms with E-state index in [4.69, 9.17) is 0 Å². The lowest BCUT2D eigenvalue weighted by atomic mass is 10.2. The third kappa shape index (κ3) is 2.35. The van der Waals surface area contributed by atoms with Crippen LogP contribution in [0.4, 0.5) is 0 Å². The van der Waals surface area contributed by atoms with Gasteiger partial charge < -0.3 is 10.5 Å². The molecule has 0 unspecified atom stereocenters. The Morgan fingerprint density at radius 1 is 1.53 bits per heavy atom. The summed E-state index contributed by atoms with van der Waals surface area (Å²) in [5.74, 6) is -0.151. The van der Waals surface area contributed by atoms with E-state index in [1.807, 2.05) is 0 Å². The SMILES string of the molecule is CCCCNC(=O)c1ccc2nnn(O)c2c1. The molecule has 6 nitrogen and oxygen atoms in total. The molecule has 1 aromatic heterocycles. The second-order valence-corrected chi connectivity index (χ2v) is 3.79. The smallest absolute Gasteiger partial charge is 0.251 e. The van der Waals surface area contributed by atoms with Crippen molar-refractivity contribution in [2.24, 2.45) is 0 Å². The van der Waals surface area contributed by atoms with Gasteiger partial charge in [-0.15, -0.1) is 5.10 Å². The maximum absolute atomic E-state index is 11.8. The zero-order valence-electron chi connectivity index (χ0n) is 9.55. The number of amides is 1. The summed E-state index contributed by atoms with van der Waals surface area (Å²) in [5.41, 5.74) is 1.47. The molecule has 17 heavy (non-hydrogen) atoms. The summed E-state index contributed by atoms with van der Waals surface area (Å²) >= 11 is 0. The number of carbonyl (C=O) groups excluding carboxylic acids is 1. The molecular formula is C11H14N4O2. The fourth-order valence-corrected chi connectivity index (χ4v) is 1.53. The summed E-state index contributed by atoms with van der Waals surface area (Å²) < 4.78 is 0. The molecule has 6 heteroatoms. The minimum atomic E-state index is -0.151. The number of benzene rings is 1. The quantitative estimate of drug-likeness (QED) is 0.615. The lowest BCUT2D eigenvalue weighted by Gasteiger charge is -2.03. The molecule has 0 saturated heterocycles. The van der Waals surface area contributed by atoms with Crippen molar-refractivity contribution in [2.45, 2.75) is 19.8 Å². The Bertz CT molecular complexity index is 535. The molecule has 2 aromatic rings. The van der Waals surface area contributed by atoms with Crippen LogP contribution in [0.5, 0.6) is 0 Å². The Balaban J connectivity index is 2.17. The van der Waals surface area contributed by atoms with Gasteiger partial charge in [0.15, 0.2) is 0 Å². The van der Waals surface area contributed by atoms with E-state index in [-0.39, 0.29) is 5.91 Å². The summed E-state index contributed by atoms with van der Waals surface area (Å²) in [6, 6.07) is 4.89. The Morgan fingerprint density at radius 2 is 2.35 bits per heavy atom.